The van der Waals surface area contributed by atoms with Crippen LogP contribution in [0.2, 0.25) is 0 Å². The summed E-state index contributed by atoms with van der Waals surface area (Å²) in [7, 11) is 0. The average Bonchev–Trinajstić information content (AvgIpc) is 3.01. The van der Waals surface area contributed by atoms with Gasteiger partial charge in [-0.2, -0.15) is 0 Å². The van der Waals surface area contributed by atoms with Crippen LogP contribution in [0.3, 0.4) is 0 Å². The predicted octanol–water partition coefficient (Wildman–Crippen LogP) is 8.86. The summed E-state index contributed by atoms with van der Waals surface area (Å²) >= 11 is 0. The predicted molar refractivity (Wildman–Crippen MR) is 164 cm³/mol. The molecule has 0 bridgehead atoms. The highest BCUT2D eigenvalue weighted by Crippen LogP contribution is 2.43. The molecule has 4 heterocycles. The van der Waals surface area contributed by atoms with Gasteiger partial charge in [0.05, 0.1) is 11.4 Å². The zero-order valence-electron chi connectivity index (χ0n) is 22.3. The number of aromatic nitrogens is 4. The van der Waals surface area contributed by atoms with Crippen molar-refractivity contribution in [2.45, 2.75) is 13.8 Å². The summed E-state index contributed by atoms with van der Waals surface area (Å²) in [6.45, 7) is 4.04. The van der Waals surface area contributed by atoms with Crippen molar-refractivity contribution in [3.05, 3.63) is 133 Å². The Morgan fingerprint density at radius 1 is 0.400 bits per heavy atom. The van der Waals surface area contributed by atoms with Gasteiger partial charge in [-0.1, -0.05) is 60.7 Å². The van der Waals surface area contributed by atoms with E-state index in [9.17, 15) is 0 Å². The Kier molecular flexibility index (Phi) is 5.86. The first-order valence-corrected chi connectivity index (χ1v) is 13.4. The normalized spacial score (nSPS) is 11.2. The van der Waals surface area contributed by atoms with Gasteiger partial charge in [0, 0.05) is 58.4 Å². The molecule has 0 aliphatic rings. The molecule has 7 rings (SSSR count). The Balaban J connectivity index is 1.42. The van der Waals surface area contributed by atoms with E-state index in [-0.39, 0.29) is 0 Å². The summed E-state index contributed by atoms with van der Waals surface area (Å²) in [6.07, 6.45) is 7.61. The van der Waals surface area contributed by atoms with Gasteiger partial charge in [0.15, 0.2) is 0 Å². The van der Waals surface area contributed by atoms with Crippen LogP contribution in [-0.2, 0) is 0 Å². The minimum Gasteiger partial charge on any atom is -0.261 e. The number of nitrogens with zero attached hydrogens (tertiary/aromatic N) is 4. The number of fused-ring (bicyclic) bond motifs is 2. The molecule has 0 atom stereocenters. The highest BCUT2D eigenvalue weighted by molar-refractivity contribution is 6.21. The first kappa shape index (κ1) is 23.9. The van der Waals surface area contributed by atoms with E-state index >= 15 is 0 Å². The maximum atomic E-state index is 4.87. The van der Waals surface area contributed by atoms with Crippen LogP contribution in [-0.4, -0.2) is 19.9 Å². The molecule has 0 saturated heterocycles. The summed E-state index contributed by atoms with van der Waals surface area (Å²) < 4.78 is 0. The van der Waals surface area contributed by atoms with Crippen LogP contribution in [0.4, 0.5) is 0 Å². The molecule has 0 fully saturated rings. The molecular formula is C36H26N4. The smallest absolute Gasteiger partial charge is 0.0720 e. The van der Waals surface area contributed by atoms with Gasteiger partial charge in [-0.25, -0.2) is 0 Å². The molecule has 4 aromatic heterocycles. The van der Waals surface area contributed by atoms with Gasteiger partial charge in [0.25, 0.3) is 0 Å². The number of pyridine rings is 4. The van der Waals surface area contributed by atoms with E-state index in [1.165, 1.54) is 32.7 Å². The Hall–Kier alpha value is -5.22. The fourth-order valence-electron chi connectivity index (χ4n) is 5.66. The van der Waals surface area contributed by atoms with Crippen molar-refractivity contribution in [1.29, 1.82) is 0 Å². The molecule has 0 N–H and O–H groups in total. The maximum absolute atomic E-state index is 4.87. The molecule has 0 saturated carbocycles. The third-order valence-electron chi connectivity index (χ3n) is 7.60. The minimum absolute atomic E-state index is 0.926. The quantitative estimate of drug-likeness (QED) is 0.220. The van der Waals surface area contributed by atoms with Gasteiger partial charge >= 0.3 is 0 Å². The van der Waals surface area contributed by atoms with Gasteiger partial charge < -0.3 is 0 Å². The minimum atomic E-state index is 0.926. The fraction of sp³-hybridized carbons (Fsp3) is 0.0556. The fourth-order valence-corrected chi connectivity index (χ4v) is 5.66. The van der Waals surface area contributed by atoms with Crippen molar-refractivity contribution in [1.82, 2.24) is 19.9 Å². The molecule has 0 radical (unpaired) electrons. The van der Waals surface area contributed by atoms with E-state index in [0.29, 0.717) is 0 Å². The molecular weight excluding hydrogens is 488 g/mol. The van der Waals surface area contributed by atoms with E-state index in [2.05, 4.69) is 94.9 Å². The standard InChI is InChI=1S/C36H26N4/c1-23-27(13-7-19-37-23)33-17-15-25(21-39-33)35-29-9-3-5-11-31(29)36(32-12-6-4-10-30(32)35)26-16-18-34(40-22-26)28-14-8-20-38-24(28)2/h3-22H,1-2H3. The van der Waals surface area contributed by atoms with Crippen molar-refractivity contribution >= 4 is 21.5 Å². The van der Waals surface area contributed by atoms with E-state index < -0.39 is 0 Å². The third kappa shape index (κ3) is 4.02. The molecule has 3 aromatic carbocycles. The van der Waals surface area contributed by atoms with Gasteiger partial charge in [-0.05, 0) is 82.9 Å². The van der Waals surface area contributed by atoms with Crippen LogP contribution in [0, 0.1) is 13.8 Å². The van der Waals surface area contributed by atoms with E-state index in [4.69, 9.17) is 9.97 Å². The monoisotopic (exact) mass is 514 g/mol. The lowest BCUT2D eigenvalue weighted by Crippen LogP contribution is -1.94. The zero-order valence-corrected chi connectivity index (χ0v) is 22.3. The third-order valence-corrected chi connectivity index (χ3v) is 7.60. The first-order valence-electron chi connectivity index (χ1n) is 13.4. The van der Waals surface area contributed by atoms with Gasteiger partial charge in [0.1, 0.15) is 0 Å². The molecule has 0 spiro atoms. The second kappa shape index (κ2) is 9.83. The molecule has 0 aliphatic carbocycles. The molecule has 40 heavy (non-hydrogen) atoms. The largest absolute Gasteiger partial charge is 0.261 e. The van der Waals surface area contributed by atoms with Crippen LogP contribution in [0.5, 0.6) is 0 Å². The van der Waals surface area contributed by atoms with Crippen molar-refractivity contribution < 1.29 is 0 Å². The van der Waals surface area contributed by atoms with E-state index in [1.54, 1.807) is 0 Å². The number of hydrogen-bond donors (Lipinski definition) is 0. The topological polar surface area (TPSA) is 51.6 Å². The van der Waals surface area contributed by atoms with Gasteiger partial charge in [0.2, 0.25) is 0 Å². The number of aryl methyl sites for hydroxylation is 2. The zero-order chi connectivity index (χ0) is 27.1. The average molecular weight is 515 g/mol. The molecule has 0 unspecified atom stereocenters. The van der Waals surface area contributed by atoms with Crippen molar-refractivity contribution in [3.63, 3.8) is 0 Å². The van der Waals surface area contributed by atoms with Crippen molar-refractivity contribution in [2.24, 2.45) is 0 Å². The summed E-state index contributed by atoms with van der Waals surface area (Å²) in [5.74, 6) is 0. The second-order valence-electron chi connectivity index (χ2n) is 9.98. The van der Waals surface area contributed by atoms with E-state index in [1.807, 2.05) is 50.8 Å². The Bertz CT molecular complexity index is 1810. The van der Waals surface area contributed by atoms with Crippen molar-refractivity contribution in [2.75, 3.05) is 0 Å². The maximum Gasteiger partial charge on any atom is 0.0720 e. The van der Waals surface area contributed by atoms with Gasteiger partial charge in [-0.15, -0.1) is 0 Å². The molecule has 0 amide bonds. The molecule has 4 nitrogen and oxygen atoms in total. The van der Waals surface area contributed by atoms with Crippen LogP contribution in [0.25, 0.3) is 66.3 Å². The molecule has 190 valence electrons. The highest BCUT2D eigenvalue weighted by Gasteiger charge is 2.17. The Morgan fingerprint density at radius 3 is 1.12 bits per heavy atom. The highest BCUT2D eigenvalue weighted by atomic mass is 14.7. The van der Waals surface area contributed by atoms with Crippen molar-refractivity contribution in [3.8, 4) is 44.8 Å². The molecule has 7 aromatic rings. The first-order chi connectivity index (χ1) is 19.7. The number of benzene rings is 3. The van der Waals surface area contributed by atoms with Crippen LogP contribution in [0.15, 0.2) is 122 Å². The van der Waals surface area contributed by atoms with E-state index in [0.717, 1.165) is 45.0 Å². The summed E-state index contributed by atoms with van der Waals surface area (Å²) in [6, 6.07) is 33.9. The van der Waals surface area contributed by atoms with Crippen LogP contribution >= 0.6 is 0 Å². The second-order valence-corrected chi connectivity index (χ2v) is 9.98. The lowest BCUT2D eigenvalue weighted by Gasteiger charge is -2.18. The van der Waals surface area contributed by atoms with Crippen LogP contribution in [0.1, 0.15) is 11.4 Å². The lowest BCUT2D eigenvalue weighted by molar-refractivity contribution is 1.19. The summed E-state index contributed by atoms with van der Waals surface area (Å²) in [4.78, 5) is 18.6. The summed E-state index contributed by atoms with van der Waals surface area (Å²) in [5, 5.41) is 4.76. The Morgan fingerprint density at radius 2 is 0.800 bits per heavy atom. The SMILES string of the molecule is Cc1ncccc1-c1ccc(-c2c3ccccc3c(-c3ccc(-c4cccnc4C)nc3)c3ccccc23)cn1. The number of hydrogen-bond acceptors (Lipinski definition) is 4. The van der Waals surface area contributed by atoms with Crippen LogP contribution < -0.4 is 0 Å². The molecule has 0 aliphatic heterocycles. The molecule has 4 heteroatoms. The summed E-state index contributed by atoms with van der Waals surface area (Å²) in [5.41, 5.74) is 10.5. The number of rotatable bonds is 4. The Labute approximate surface area is 233 Å². The lowest BCUT2D eigenvalue weighted by atomic mass is 9.86. The van der Waals surface area contributed by atoms with Gasteiger partial charge in [-0.3, -0.25) is 19.9 Å².